The van der Waals surface area contributed by atoms with E-state index in [2.05, 4.69) is 46.6 Å². The van der Waals surface area contributed by atoms with Crippen LogP contribution in [0.3, 0.4) is 0 Å². The summed E-state index contributed by atoms with van der Waals surface area (Å²) >= 11 is 0. The molecule has 1 saturated heterocycles. The monoisotopic (exact) mass is 326 g/mol. The Morgan fingerprint density at radius 3 is 2.71 bits per heavy atom. The lowest BCUT2D eigenvalue weighted by Crippen LogP contribution is -2.35. The summed E-state index contributed by atoms with van der Waals surface area (Å²) in [6, 6.07) is 16.6. The molecule has 24 heavy (non-hydrogen) atoms. The van der Waals surface area contributed by atoms with Crippen molar-refractivity contribution in [1.29, 1.82) is 0 Å². The lowest BCUT2D eigenvalue weighted by molar-refractivity contribution is 0.0793. The molecule has 0 atom stereocenters. The van der Waals surface area contributed by atoms with Gasteiger partial charge in [-0.05, 0) is 42.2 Å². The van der Waals surface area contributed by atoms with Crippen LogP contribution in [0, 0.1) is 0 Å². The van der Waals surface area contributed by atoms with Gasteiger partial charge in [0.25, 0.3) is 0 Å². The number of nitrogens with zero attached hydrogens (tertiary/aromatic N) is 1. The third-order valence-electron chi connectivity index (χ3n) is 4.59. The molecule has 0 unspecified atom stereocenters. The predicted octanol–water partition coefficient (Wildman–Crippen LogP) is 3.26. The van der Waals surface area contributed by atoms with Crippen LogP contribution >= 0.6 is 0 Å². The topological polar surface area (TPSA) is 44.7 Å². The number of rotatable bonds is 6. The molecule has 1 aliphatic rings. The molecule has 4 heteroatoms. The third kappa shape index (κ3) is 4.49. The Kier molecular flexibility index (Phi) is 5.72. The first kappa shape index (κ1) is 16.8. The van der Waals surface area contributed by atoms with Crippen LogP contribution < -0.4 is 10.1 Å². The number of piperidine rings is 1. The Bertz CT molecular complexity index is 652. The SMILES string of the molecule is COc1cccc(CNc2ccccc2CN2CCC(O)CC2)c1. The Hall–Kier alpha value is -2.04. The maximum absolute atomic E-state index is 9.65. The van der Waals surface area contributed by atoms with Crippen LogP contribution in [0.2, 0.25) is 0 Å². The molecule has 1 fully saturated rings. The average Bonchev–Trinajstić information content (AvgIpc) is 2.63. The van der Waals surface area contributed by atoms with E-state index in [-0.39, 0.29) is 6.10 Å². The second-order valence-corrected chi connectivity index (χ2v) is 6.37. The minimum absolute atomic E-state index is 0.123. The highest BCUT2D eigenvalue weighted by Gasteiger charge is 2.17. The first-order valence-corrected chi connectivity index (χ1v) is 8.60. The zero-order valence-corrected chi connectivity index (χ0v) is 14.2. The molecule has 0 bridgehead atoms. The number of aliphatic hydroxyl groups is 1. The van der Waals surface area contributed by atoms with Crippen molar-refractivity contribution in [3.63, 3.8) is 0 Å². The second-order valence-electron chi connectivity index (χ2n) is 6.37. The van der Waals surface area contributed by atoms with Crippen LogP contribution in [0.15, 0.2) is 48.5 Å². The van der Waals surface area contributed by atoms with Gasteiger partial charge in [-0.1, -0.05) is 30.3 Å². The lowest BCUT2D eigenvalue weighted by atomic mass is 10.1. The second kappa shape index (κ2) is 8.18. The van der Waals surface area contributed by atoms with Crippen molar-refractivity contribution in [3.8, 4) is 5.75 Å². The zero-order valence-electron chi connectivity index (χ0n) is 14.2. The van der Waals surface area contributed by atoms with Crippen LogP contribution in [-0.2, 0) is 13.1 Å². The number of benzene rings is 2. The number of aliphatic hydroxyl groups excluding tert-OH is 1. The molecule has 1 heterocycles. The first-order valence-electron chi connectivity index (χ1n) is 8.60. The average molecular weight is 326 g/mol. The van der Waals surface area contributed by atoms with Crippen LogP contribution in [-0.4, -0.2) is 36.3 Å². The maximum atomic E-state index is 9.65. The summed E-state index contributed by atoms with van der Waals surface area (Å²) in [4.78, 5) is 2.42. The molecule has 0 saturated carbocycles. The number of para-hydroxylation sites is 1. The van der Waals surface area contributed by atoms with Gasteiger partial charge in [-0.3, -0.25) is 4.90 Å². The standard InChI is InChI=1S/C20H26N2O2/c1-24-19-7-4-5-16(13-19)14-21-20-8-3-2-6-17(20)15-22-11-9-18(23)10-12-22/h2-8,13,18,21,23H,9-12,14-15H2,1H3. The van der Waals surface area contributed by atoms with E-state index in [1.165, 1.54) is 16.8 Å². The third-order valence-corrected chi connectivity index (χ3v) is 4.59. The van der Waals surface area contributed by atoms with E-state index in [9.17, 15) is 5.11 Å². The van der Waals surface area contributed by atoms with E-state index in [0.29, 0.717) is 0 Å². The van der Waals surface area contributed by atoms with Gasteiger partial charge in [-0.25, -0.2) is 0 Å². The highest BCUT2D eigenvalue weighted by Crippen LogP contribution is 2.21. The fourth-order valence-corrected chi connectivity index (χ4v) is 3.13. The van der Waals surface area contributed by atoms with Crippen LogP contribution in [0.4, 0.5) is 5.69 Å². The number of nitrogens with one attached hydrogen (secondary N) is 1. The van der Waals surface area contributed by atoms with Gasteiger partial charge in [0, 0.05) is 31.9 Å². The molecule has 0 radical (unpaired) electrons. The summed E-state index contributed by atoms with van der Waals surface area (Å²) in [6.45, 7) is 3.62. The van der Waals surface area contributed by atoms with E-state index in [0.717, 1.165) is 44.8 Å². The Balaban J connectivity index is 1.63. The van der Waals surface area contributed by atoms with Crippen LogP contribution in [0.1, 0.15) is 24.0 Å². The molecule has 1 aliphatic heterocycles. The summed E-state index contributed by atoms with van der Waals surface area (Å²) in [7, 11) is 1.69. The molecule has 128 valence electrons. The molecule has 2 aromatic rings. The van der Waals surface area contributed by atoms with Crippen molar-refractivity contribution >= 4 is 5.69 Å². The number of hydrogen-bond acceptors (Lipinski definition) is 4. The van der Waals surface area contributed by atoms with Gasteiger partial charge in [-0.2, -0.15) is 0 Å². The molecular weight excluding hydrogens is 300 g/mol. The van der Waals surface area contributed by atoms with Gasteiger partial charge < -0.3 is 15.2 Å². The van der Waals surface area contributed by atoms with E-state index >= 15 is 0 Å². The van der Waals surface area contributed by atoms with Gasteiger partial charge in [0.05, 0.1) is 13.2 Å². The summed E-state index contributed by atoms with van der Waals surface area (Å²) < 4.78 is 5.28. The van der Waals surface area contributed by atoms with E-state index in [1.54, 1.807) is 7.11 Å². The Labute approximate surface area is 144 Å². The van der Waals surface area contributed by atoms with Crippen LogP contribution in [0.5, 0.6) is 5.75 Å². The van der Waals surface area contributed by atoms with Crippen molar-refractivity contribution in [1.82, 2.24) is 4.90 Å². The summed E-state index contributed by atoms with van der Waals surface area (Å²) in [5.74, 6) is 0.884. The number of hydrogen-bond donors (Lipinski definition) is 2. The normalized spacial score (nSPS) is 16.1. The van der Waals surface area contributed by atoms with Crippen molar-refractivity contribution in [2.45, 2.75) is 32.0 Å². The highest BCUT2D eigenvalue weighted by atomic mass is 16.5. The smallest absolute Gasteiger partial charge is 0.119 e. The zero-order chi connectivity index (χ0) is 16.8. The van der Waals surface area contributed by atoms with Gasteiger partial charge in [0.15, 0.2) is 0 Å². The van der Waals surface area contributed by atoms with Crippen molar-refractivity contribution in [3.05, 3.63) is 59.7 Å². The Morgan fingerprint density at radius 2 is 1.92 bits per heavy atom. The lowest BCUT2D eigenvalue weighted by Gasteiger charge is -2.30. The molecule has 4 nitrogen and oxygen atoms in total. The van der Waals surface area contributed by atoms with E-state index in [4.69, 9.17) is 4.74 Å². The van der Waals surface area contributed by atoms with Gasteiger partial charge in [-0.15, -0.1) is 0 Å². The van der Waals surface area contributed by atoms with Gasteiger partial charge >= 0.3 is 0 Å². The number of ether oxygens (including phenoxy) is 1. The minimum atomic E-state index is -0.123. The predicted molar refractivity (Wildman–Crippen MR) is 97.3 cm³/mol. The van der Waals surface area contributed by atoms with E-state index in [1.807, 2.05) is 12.1 Å². The summed E-state index contributed by atoms with van der Waals surface area (Å²) in [5.41, 5.74) is 3.67. The number of methoxy groups -OCH3 is 1. The van der Waals surface area contributed by atoms with Gasteiger partial charge in [0.1, 0.15) is 5.75 Å². The van der Waals surface area contributed by atoms with Gasteiger partial charge in [0.2, 0.25) is 0 Å². The summed E-state index contributed by atoms with van der Waals surface area (Å²) in [6.07, 6.45) is 1.63. The quantitative estimate of drug-likeness (QED) is 0.855. The molecule has 0 aromatic heterocycles. The van der Waals surface area contributed by atoms with Crippen molar-refractivity contribution < 1.29 is 9.84 Å². The molecule has 2 N–H and O–H groups in total. The molecule has 3 rings (SSSR count). The van der Waals surface area contributed by atoms with Crippen molar-refractivity contribution in [2.75, 3.05) is 25.5 Å². The largest absolute Gasteiger partial charge is 0.497 e. The van der Waals surface area contributed by atoms with E-state index < -0.39 is 0 Å². The summed E-state index contributed by atoms with van der Waals surface area (Å²) in [5, 5.41) is 13.2. The molecule has 2 aromatic carbocycles. The molecule has 0 amide bonds. The fraction of sp³-hybridized carbons (Fsp3) is 0.400. The fourth-order valence-electron chi connectivity index (χ4n) is 3.13. The molecule has 0 spiro atoms. The highest BCUT2D eigenvalue weighted by molar-refractivity contribution is 5.51. The number of anilines is 1. The van der Waals surface area contributed by atoms with Crippen LogP contribution in [0.25, 0.3) is 0 Å². The first-order chi connectivity index (χ1) is 11.7. The number of likely N-dealkylation sites (tertiary alicyclic amines) is 1. The maximum Gasteiger partial charge on any atom is 0.119 e. The molecule has 0 aliphatic carbocycles. The Morgan fingerprint density at radius 1 is 1.12 bits per heavy atom. The molecular formula is C20H26N2O2. The van der Waals surface area contributed by atoms with Crippen molar-refractivity contribution in [2.24, 2.45) is 0 Å². The minimum Gasteiger partial charge on any atom is -0.497 e.